The van der Waals surface area contributed by atoms with E-state index in [1.54, 1.807) is 11.8 Å². The number of piperazine rings is 1. The van der Waals surface area contributed by atoms with Crippen molar-refractivity contribution in [3.63, 3.8) is 0 Å². The summed E-state index contributed by atoms with van der Waals surface area (Å²) >= 11 is 11.6. The Morgan fingerprint density at radius 2 is 1.90 bits per heavy atom. The third-order valence-corrected chi connectivity index (χ3v) is 4.02. The Labute approximate surface area is 133 Å². The fourth-order valence-electron chi connectivity index (χ4n) is 2.36. The first-order valence-corrected chi connectivity index (χ1v) is 7.48. The van der Waals surface area contributed by atoms with E-state index in [0.717, 1.165) is 6.07 Å². The van der Waals surface area contributed by atoms with Crippen LogP contribution in [-0.4, -0.2) is 59.6 Å². The first kappa shape index (κ1) is 16.5. The number of carbonyl (C=O) groups is 1. The van der Waals surface area contributed by atoms with Crippen molar-refractivity contribution >= 4 is 29.1 Å². The lowest BCUT2D eigenvalue weighted by Gasteiger charge is -2.35. The SMILES string of the molecule is C[C@H](O)CN1CCN(C(=O)c2cc(F)c(Cl)cc2Cl)CC1. The number of β-amino-alcohol motifs (C(OH)–C–C–N with tert-alkyl or cyclic N) is 1. The fraction of sp³-hybridized carbons (Fsp3) is 0.500. The van der Waals surface area contributed by atoms with Crippen molar-refractivity contribution < 1.29 is 14.3 Å². The Bertz CT molecular complexity index is 532. The maximum atomic E-state index is 13.5. The Morgan fingerprint density at radius 1 is 1.29 bits per heavy atom. The van der Waals surface area contributed by atoms with E-state index in [9.17, 15) is 14.3 Å². The lowest BCUT2D eigenvalue weighted by molar-refractivity contribution is 0.0554. The quantitative estimate of drug-likeness (QED) is 0.862. The highest BCUT2D eigenvalue weighted by atomic mass is 35.5. The average molecular weight is 335 g/mol. The van der Waals surface area contributed by atoms with Crippen LogP contribution in [0, 0.1) is 5.82 Å². The lowest BCUT2D eigenvalue weighted by Crippen LogP contribution is -2.50. The van der Waals surface area contributed by atoms with Gasteiger partial charge in [-0.1, -0.05) is 23.2 Å². The summed E-state index contributed by atoms with van der Waals surface area (Å²) in [6.45, 7) is 4.69. The number of carbonyl (C=O) groups excluding carboxylic acids is 1. The van der Waals surface area contributed by atoms with Crippen LogP contribution >= 0.6 is 23.2 Å². The molecule has 1 fully saturated rings. The van der Waals surface area contributed by atoms with Gasteiger partial charge in [-0.25, -0.2) is 4.39 Å². The van der Waals surface area contributed by atoms with Gasteiger partial charge in [-0.15, -0.1) is 0 Å². The number of halogens is 3. The highest BCUT2D eigenvalue weighted by Crippen LogP contribution is 2.25. The average Bonchev–Trinajstić information content (AvgIpc) is 2.42. The largest absolute Gasteiger partial charge is 0.392 e. The summed E-state index contributed by atoms with van der Waals surface area (Å²) in [5.41, 5.74) is 0.127. The van der Waals surface area contributed by atoms with E-state index >= 15 is 0 Å². The van der Waals surface area contributed by atoms with Crippen LogP contribution in [-0.2, 0) is 0 Å². The highest BCUT2D eigenvalue weighted by molar-refractivity contribution is 6.36. The molecule has 0 radical (unpaired) electrons. The second kappa shape index (κ2) is 6.92. The van der Waals surface area contributed by atoms with Gasteiger partial charge in [0.05, 0.1) is 21.7 Å². The van der Waals surface area contributed by atoms with Crippen LogP contribution in [0.15, 0.2) is 12.1 Å². The second-order valence-corrected chi connectivity index (χ2v) is 6.00. The van der Waals surface area contributed by atoms with E-state index in [2.05, 4.69) is 4.90 Å². The minimum atomic E-state index is -0.655. The van der Waals surface area contributed by atoms with E-state index in [4.69, 9.17) is 23.2 Å². The monoisotopic (exact) mass is 334 g/mol. The van der Waals surface area contributed by atoms with Gasteiger partial charge in [-0.2, -0.15) is 0 Å². The minimum absolute atomic E-state index is 0.0988. The van der Waals surface area contributed by atoms with Gasteiger partial charge in [0.1, 0.15) is 5.82 Å². The van der Waals surface area contributed by atoms with Crippen LogP contribution in [0.1, 0.15) is 17.3 Å². The van der Waals surface area contributed by atoms with Crippen LogP contribution in [0.5, 0.6) is 0 Å². The zero-order valence-corrected chi connectivity index (χ0v) is 13.2. The summed E-state index contributed by atoms with van der Waals surface area (Å²) in [6, 6.07) is 2.32. The van der Waals surface area contributed by atoms with Crippen molar-refractivity contribution in [2.24, 2.45) is 0 Å². The molecule has 0 unspecified atom stereocenters. The molecule has 2 rings (SSSR count). The predicted molar refractivity (Wildman–Crippen MR) is 80.4 cm³/mol. The fourth-order valence-corrected chi connectivity index (χ4v) is 2.83. The van der Waals surface area contributed by atoms with Gasteiger partial charge >= 0.3 is 0 Å². The van der Waals surface area contributed by atoms with E-state index < -0.39 is 11.9 Å². The van der Waals surface area contributed by atoms with Gasteiger partial charge in [-0.05, 0) is 19.1 Å². The Kier molecular flexibility index (Phi) is 5.43. The summed E-state index contributed by atoms with van der Waals surface area (Å²) in [5.74, 6) is -0.954. The molecule has 1 N–H and O–H groups in total. The van der Waals surface area contributed by atoms with Crippen molar-refractivity contribution in [1.82, 2.24) is 9.80 Å². The topological polar surface area (TPSA) is 43.8 Å². The van der Waals surface area contributed by atoms with Crippen molar-refractivity contribution in [1.29, 1.82) is 0 Å². The summed E-state index contributed by atoms with van der Waals surface area (Å²) in [7, 11) is 0. The van der Waals surface area contributed by atoms with Gasteiger partial charge in [-0.3, -0.25) is 9.69 Å². The predicted octanol–water partition coefficient (Wildman–Crippen LogP) is 2.27. The summed E-state index contributed by atoms with van der Waals surface area (Å²) in [5, 5.41) is 9.41. The molecule has 0 aromatic heterocycles. The molecule has 1 aliphatic heterocycles. The van der Waals surface area contributed by atoms with Crippen molar-refractivity contribution in [3.8, 4) is 0 Å². The standard InChI is InChI=1S/C14H17Cl2FN2O2/c1-9(20)8-18-2-4-19(5-3-18)14(21)10-6-13(17)12(16)7-11(10)15/h6-7,9,20H,2-5,8H2,1H3/t9-/m0/s1. The van der Waals surface area contributed by atoms with Gasteiger partial charge < -0.3 is 10.0 Å². The molecular formula is C14H17Cl2FN2O2. The molecule has 4 nitrogen and oxygen atoms in total. The third-order valence-electron chi connectivity index (χ3n) is 3.42. The molecule has 0 aliphatic carbocycles. The number of nitrogens with zero attached hydrogens (tertiary/aromatic N) is 2. The van der Waals surface area contributed by atoms with Crippen LogP contribution in [0.2, 0.25) is 10.0 Å². The molecule has 1 saturated heterocycles. The van der Waals surface area contributed by atoms with Gasteiger partial charge in [0.2, 0.25) is 0 Å². The molecule has 1 atom stereocenters. The second-order valence-electron chi connectivity index (χ2n) is 5.19. The van der Waals surface area contributed by atoms with Gasteiger partial charge in [0, 0.05) is 32.7 Å². The Morgan fingerprint density at radius 3 is 2.48 bits per heavy atom. The highest BCUT2D eigenvalue weighted by Gasteiger charge is 2.24. The smallest absolute Gasteiger partial charge is 0.255 e. The molecule has 0 spiro atoms. The first-order chi connectivity index (χ1) is 9.88. The normalized spacial score (nSPS) is 17.9. The number of hydrogen-bond donors (Lipinski definition) is 1. The van der Waals surface area contributed by atoms with Gasteiger partial charge in [0.25, 0.3) is 5.91 Å². The zero-order chi connectivity index (χ0) is 15.6. The third kappa shape index (κ3) is 4.07. The van der Waals surface area contributed by atoms with Crippen molar-refractivity contribution in [2.45, 2.75) is 13.0 Å². The molecule has 21 heavy (non-hydrogen) atoms. The van der Waals surface area contributed by atoms with E-state index in [-0.39, 0.29) is 21.5 Å². The number of aliphatic hydroxyl groups excluding tert-OH is 1. The molecule has 1 aromatic rings. The minimum Gasteiger partial charge on any atom is -0.392 e. The number of aliphatic hydroxyl groups is 1. The molecular weight excluding hydrogens is 318 g/mol. The maximum Gasteiger partial charge on any atom is 0.255 e. The van der Waals surface area contributed by atoms with Gasteiger partial charge in [0.15, 0.2) is 0 Å². The van der Waals surface area contributed by atoms with E-state index in [1.807, 2.05) is 0 Å². The first-order valence-electron chi connectivity index (χ1n) is 6.72. The molecule has 0 bridgehead atoms. The number of benzene rings is 1. The molecule has 7 heteroatoms. The van der Waals surface area contributed by atoms with Crippen molar-refractivity contribution in [2.75, 3.05) is 32.7 Å². The number of rotatable bonds is 3. The molecule has 1 heterocycles. The molecule has 1 aromatic carbocycles. The maximum absolute atomic E-state index is 13.5. The number of hydrogen-bond acceptors (Lipinski definition) is 3. The molecule has 1 aliphatic rings. The summed E-state index contributed by atoms with van der Waals surface area (Å²) < 4.78 is 13.5. The molecule has 1 amide bonds. The summed E-state index contributed by atoms with van der Waals surface area (Å²) in [6.07, 6.45) is -0.396. The van der Waals surface area contributed by atoms with Crippen LogP contribution in [0.3, 0.4) is 0 Å². The van der Waals surface area contributed by atoms with Crippen LogP contribution < -0.4 is 0 Å². The lowest BCUT2D eigenvalue weighted by atomic mass is 10.1. The van der Waals surface area contributed by atoms with Crippen LogP contribution in [0.25, 0.3) is 0 Å². The van der Waals surface area contributed by atoms with E-state index in [0.29, 0.717) is 32.7 Å². The Balaban J connectivity index is 2.04. The summed E-state index contributed by atoms with van der Waals surface area (Å²) in [4.78, 5) is 16.1. The van der Waals surface area contributed by atoms with Crippen molar-refractivity contribution in [3.05, 3.63) is 33.6 Å². The molecule has 116 valence electrons. The molecule has 0 saturated carbocycles. The number of amides is 1. The zero-order valence-electron chi connectivity index (χ0n) is 11.7. The van der Waals surface area contributed by atoms with E-state index in [1.165, 1.54) is 6.07 Å². The Hall–Kier alpha value is -0.880. The van der Waals surface area contributed by atoms with Crippen LogP contribution in [0.4, 0.5) is 4.39 Å².